The first kappa shape index (κ1) is 14.1. The number of aromatic carboxylic acids is 1. The van der Waals surface area contributed by atoms with Crippen molar-refractivity contribution < 1.29 is 23.4 Å². The number of methoxy groups -OCH3 is 1. The molecule has 2 aromatic carbocycles. The minimum absolute atomic E-state index is 0.0896. The van der Waals surface area contributed by atoms with Gasteiger partial charge in [-0.05, 0) is 30.3 Å². The first-order valence-electron chi connectivity index (χ1n) is 6.39. The third-order valence-corrected chi connectivity index (χ3v) is 3.40. The van der Waals surface area contributed by atoms with E-state index in [0.29, 0.717) is 27.9 Å². The lowest BCUT2D eigenvalue weighted by Crippen LogP contribution is -1.98. The molecule has 22 heavy (non-hydrogen) atoms. The monoisotopic (exact) mass is 303 g/mol. The van der Waals surface area contributed by atoms with Crippen molar-refractivity contribution in [2.75, 3.05) is 7.11 Å². The predicted molar refractivity (Wildman–Crippen MR) is 77.2 cm³/mol. The van der Waals surface area contributed by atoms with Crippen LogP contribution in [0.2, 0.25) is 0 Å². The van der Waals surface area contributed by atoms with Crippen LogP contribution in [-0.2, 0) is 0 Å². The Morgan fingerprint density at radius 1 is 1.14 bits per heavy atom. The summed E-state index contributed by atoms with van der Waals surface area (Å²) in [7, 11) is 1.46. The summed E-state index contributed by atoms with van der Waals surface area (Å²) in [6, 6.07) is 8.15. The van der Waals surface area contributed by atoms with E-state index >= 15 is 0 Å². The zero-order valence-electron chi connectivity index (χ0n) is 11.5. The molecule has 0 atom stereocenters. The van der Waals surface area contributed by atoms with E-state index in [2.05, 4.69) is 4.98 Å². The van der Waals surface area contributed by atoms with Gasteiger partial charge >= 0.3 is 5.97 Å². The average molecular weight is 303 g/mol. The normalized spacial score (nSPS) is 10.9. The molecule has 0 spiro atoms. The van der Waals surface area contributed by atoms with E-state index in [0.717, 1.165) is 12.1 Å². The summed E-state index contributed by atoms with van der Waals surface area (Å²) in [4.78, 5) is 14.0. The molecule has 112 valence electrons. The van der Waals surface area contributed by atoms with E-state index in [-0.39, 0.29) is 5.56 Å². The van der Waals surface area contributed by atoms with Crippen LogP contribution in [0.3, 0.4) is 0 Å². The topological polar surface area (TPSA) is 62.3 Å². The number of carboxylic acid groups (broad SMARTS) is 1. The van der Waals surface area contributed by atoms with Gasteiger partial charge < -0.3 is 14.8 Å². The molecule has 0 radical (unpaired) electrons. The molecule has 4 nitrogen and oxygen atoms in total. The van der Waals surface area contributed by atoms with Gasteiger partial charge in [-0.2, -0.15) is 0 Å². The number of hydrogen-bond acceptors (Lipinski definition) is 2. The van der Waals surface area contributed by atoms with Crippen LogP contribution >= 0.6 is 0 Å². The zero-order chi connectivity index (χ0) is 15.9. The van der Waals surface area contributed by atoms with Crippen molar-refractivity contribution in [1.82, 2.24) is 4.98 Å². The van der Waals surface area contributed by atoms with E-state index in [1.807, 2.05) is 0 Å². The summed E-state index contributed by atoms with van der Waals surface area (Å²) in [6.07, 6.45) is 0. The lowest BCUT2D eigenvalue weighted by atomic mass is 10.1. The summed E-state index contributed by atoms with van der Waals surface area (Å²) in [5.41, 5.74) is 1.52. The highest BCUT2D eigenvalue weighted by molar-refractivity contribution is 5.92. The number of fused-ring (bicyclic) bond motifs is 1. The summed E-state index contributed by atoms with van der Waals surface area (Å²) < 4.78 is 31.8. The highest BCUT2D eigenvalue weighted by Gasteiger charge is 2.14. The summed E-state index contributed by atoms with van der Waals surface area (Å²) in [5.74, 6) is -2.51. The molecule has 1 aromatic heterocycles. The lowest BCUT2D eigenvalue weighted by molar-refractivity contribution is 0.0697. The van der Waals surface area contributed by atoms with Crippen LogP contribution in [0.15, 0.2) is 36.4 Å². The number of benzene rings is 2. The first-order valence-corrected chi connectivity index (χ1v) is 6.39. The quantitative estimate of drug-likeness (QED) is 0.773. The standard InChI is InChI=1S/C16H11F2NO3/c1-22-15-3-2-8(16(20)21)4-10(15)14-6-9-5-11(17)12(18)7-13(9)19-14/h2-7,19H,1H3,(H,20,21). The Balaban J connectivity index is 2.21. The second-order valence-electron chi connectivity index (χ2n) is 4.76. The van der Waals surface area contributed by atoms with Gasteiger partial charge in [0.05, 0.1) is 18.4 Å². The van der Waals surface area contributed by atoms with Crippen LogP contribution in [0.25, 0.3) is 22.2 Å². The van der Waals surface area contributed by atoms with Gasteiger partial charge in [-0.25, -0.2) is 13.6 Å². The van der Waals surface area contributed by atoms with E-state index in [1.54, 1.807) is 6.07 Å². The molecule has 6 heteroatoms. The molecule has 0 amide bonds. The number of aromatic nitrogens is 1. The van der Waals surface area contributed by atoms with Crippen LogP contribution in [-0.4, -0.2) is 23.2 Å². The van der Waals surface area contributed by atoms with Crippen molar-refractivity contribution in [2.45, 2.75) is 0 Å². The second-order valence-corrected chi connectivity index (χ2v) is 4.76. The SMILES string of the molecule is COc1ccc(C(=O)O)cc1-c1cc2cc(F)c(F)cc2[nH]1. The van der Waals surface area contributed by atoms with E-state index in [9.17, 15) is 13.6 Å². The van der Waals surface area contributed by atoms with Crippen LogP contribution in [0.5, 0.6) is 5.75 Å². The number of rotatable bonds is 3. The Hall–Kier alpha value is -2.89. The van der Waals surface area contributed by atoms with Gasteiger partial charge in [0.25, 0.3) is 0 Å². The van der Waals surface area contributed by atoms with Crippen molar-refractivity contribution in [1.29, 1.82) is 0 Å². The number of halogens is 2. The molecule has 2 N–H and O–H groups in total. The molecule has 0 aliphatic rings. The minimum Gasteiger partial charge on any atom is -0.496 e. The van der Waals surface area contributed by atoms with Gasteiger partial charge in [-0.15, -0.1) is 0 Å². The van der Waals surface area contributed by atoms with E-state index in [4.69, 9.17) is 9.84 Å². The molecule has 0 fully saturated rings. The van der Waals surface area contributed by atoms with Gasteiger partial charge in [0.1, 0.15) is 5.75 Å². The van der Waals surface area contributed by atoms with E-state index in [1.165, 1.54) is 25.3 Å². The third-order valence-electron chi connectivity index (χ3n) is 3.40. The maximum atomic E-state index is 13.3. The zero-order valence-corrected chi connectivity index (χ0v) is 11.5. The highest BCUT2D eigenvalue weighted by Crippen LogP contribution is 2.33. The molecule has 0 saturated heterocycles. The first-order chi connectivity index (χ1) is 10.5. The number of nitrogens with one attached hydrogen (secondary N) is 1. The maximum Gasteiger partial charge on any atom is 0.335 e. The lowest BCUT2D eigenvalue weighted by Gasteiger charge is -2.07. The Morgan fingerprint density at radius 2 is 1.86 bits per heavy atom. The molecule has 0 aliphatic carbocycles. The van der Waals surface area contributed by atoms with Crippen molar-refractivity contribution in [3.05, 3.63) is 53.6 Å². The molecular formula is C16H11F2NO3. The number of aromatic amines is 1. The Kier molecular flexibility index (Phi) is 3.29. The van der Waals surface area contributed by atoms with Gasteiger partial charge in [0.15, 0.2) is 11.6 Å². The van der Waals surface area contributed by atoms with Gasteiger partial charge in [-0.1, -0.05) is 0 Å². The third kappa shape index (κ3) is 2.28. The molecule has 0 bridgehead atoms. The fourth-order valence-electron chi connectivity index (χ4n) is 2.32. The average Bonchev–Trinajstić information content (AvgIpc) is 2.89. The predicted octanol–water partition coefficient (Wildman–Crippen LogP) is 3.82. The fourth-order valence-corrected chi connectivity index (χ4v) is 2.32. The number of carboxylic acids is 1. The Morgan fingerprint density at radius 3 is 2.55 bits per heavy atom. The fraction of sp³-hybridized carbons (Fsp3) is 0.0625. The molecular weight excluding hydrogens is 292 g/mol. The van der Waals surface area contributed by atoms with Crippen molar-refractivity contribution in [3.8, 4) is 17.0 Å². The Labute approximate surface area is 124 Å². The van der Waals surface area contributed by atoms with Crippen LogP contribution in [0.1, 0.15) is 10.4 Å². The van der Waals surface area contributed by atoms with Crippen LogP contribution < -0.4 is 4.74 Å². The van der Waals surface area contributed by atoms with Gasteiger partial charge in [0, 0.05) is 22.5 Å². The van der Waals surface area contributed by atoms with Crippen molar-refractivity contribution >= 4 is 16.9 Å². The Bertz CT molecular complexity index is 847. The van der Waals surface area contributed by atoms with Gasteiger partial charge in [-0.3, -0.25) is 0 Å². The highest BCUT2D eigenvalue weighted by atomic mass is 19.2. The summed E-state index contributed by atoms with van der Waals surface area (Å²) in [6.45, 7) is 0. The maximum absolute atomic E-state index is 13.3. The van der Waals surface area contributed by atoms with Crippen LogP contribution in [0, 0.1) is 11.6 Å². The molecule has 0 unspecified atom stereocenters. The molecule has 1 heterocycles. The molecule has 3 rings (SSSR count). The number of ether oxygens (including phenoxy) is 1. The number of hydrogen-bond donors (Lipinski definition) is 2. The second kappa shape index (κ2) is 5.14. The number of H-pyrrole nitrogens is 1. The van der Waals surface area contributed by atoms with E-state index < -0.39 is 17.6 Å². The largest absolute Gasteiger partial charge is 0.496 e. The van der Waals surface area contributed by atoms with Gasteiger partial charge in [0.2, 0.25) is 0 Å². The van der Waals surface area contributed by atoms with Crippen molar-refractivity contribution in [2.24, 2.45) is 0 Å². The molecule has 3 aromatic rings. The minimum atomic E-state index is -1.07. The van der Waals surface area contributed by atoms with Crippen molar-refractivity contribution in [3.63, 3.8) is 0 Å². The molecule has 0 saturated carbocycles. The molecule has 0 aliphatic heterocycles. The van der Waals surface area contributed by atoms with Crippen LogP contribution in [0.4, 0.5) is 8.78 Å². The number of carbonyl (C=O) groups is 1. The smallest absolute Gasteiger partial charge is 0.335 e. The summed E-state index contributed by atoms with van der Waals surface area (Å²) in [5, 5.41) is 9.57. The summed E-state index contributed by atoms with van der Waals surface area (Å²) >= 11 is 0.